The normalized spacial score (nSPS) is 15.5. The van der Waals surface area contributed by atoms with Gasteiger partial charge in [0.15, 0.2) is 0 Å². The van der Waals surface area contributed by atoms with E-state index in [4.69, 9.17) is 5.26 Å². The van der Waals surface area contributed by atoms with Crippen LogP contribution in [-0.4, -0.2) is 36.1 Å². The number of anilines is 1. The Morgan fingerprint density at radius 1 is 1.53 bits per heavy atom. The van der Waals surface area contributed by atoms with Gasteiger partial charge in [0.05, 0.1) is 6.04 Å². The number of aryl methyl sites for hydroxylation is 1. The van der Waals surface area contributed by atoms with E-state index in [-0.39, 0.29) is 0 Å². The highest BCUT2D eigenvalue weighted by Gasteiger charge is 2.23. The second kappa shape index (κ2) is 3.83. The maximum atomic E-state index is 8.81. The lowest BCUT2D eigenvalue weighted by molar-refractivity contribution is 0.424. The number of likely N-dealkylation sites (N-methyl/N-ethyl adjacent to an activating group) is 1. The number of rotatable bonds is 2. The number of hydrogen-bond acceptors (Lipinski definition) is 5. The fourth-order valence-corrected chi connectivity index (χ4v) is 1.48. The molecule has 0 spiro atoms. The van der Waals surface area contributed by atoms with Crippen molar-refractivity contribution >= 4 is 5.95 Å². The van der Waals surface area contributed by atoms with Crippen LogP contribution < -0.4 is 10.2 Å². The van der Waals surface area contributed by atoms with Crippen LogP contribution in [0.4, 0.5) is 5.95 Å². The zero-order valence-electron chi connectivity index (χ0n) is 8.86. The molecule has 0 amide bonds. The second-order valence-electron chi connectivity index (χ2n) is 3.73. The van der Waals surface area contributed by atoms with Gasteiger partial charge in [-0.3, -0.25) is 0 Å². The highest BCUT2D eigenvalue weighted by atomic mass is 15.3. The quantitative estimate of drug-likeness (QED) is 0.736. The van der Waals surface area contributed by atoms with Crippen molar-refractivity contribution in [3.05, 3.63) is 17.5 Å². The first-order chi connectivity index (χ1) is 7.20. The minimum absolute atomic E-state index is 0.427. The van der Waals surface area contributed by atoms with Crippen LogP contribution in [0.25, 0.3) is 0 Å². The predicted octanol–water partition coefficient (Wildman–Crippen LogP) is 0.0647. The monoisotopic (exact) mass is 203 g/mol. The SMILES string of the molecule is Cc1cc(C#N)nc(N(C)C2CNC2)n1. The molecule has 2 rings (SSSR count). The van der Waals surface area contributed by atoms with Gasteiger partial charge in [-0.1, -0.05) is 0 Å². The summed E-state index contributed by atoms with van der Waals surface area (Å²) in [4.78, 5) is 10.5. The van der Waals surface area contributed by atoms with E-state index >= 15 is 0 Å². The van der Waals surface area contributed by atoms with Gasteiger partial charge in [-0.2, -0.15) is 5.26 Å². The molecule has 0 saturated carbocycles. The first kappa shape index (κ1) is 9.87. The molecule has 5 heteroatoms. The molecular weight excluding hydrogens is 190 g/mol. The molecular formula is C10H13N5. The molecule has 0 unspecified atom stereocenters. The fourth-order valence-electron chi connectivity index (χ4n) is 1.48. The third-order valence-electron chi connectivity index (χ3n) is 2.58. The summed E-state index contributed by atoms with van der Waals surface area (Å²) in [6.45, 7) is 3.78. The molecule has 5 nitrogen and oxygen atoms in total. The van der Waals surface area contributed by atoms with Crippen LogP contribution >= 0.6 is 0 Å². The average molecular weight is 203 g/mol. The number of nitrogens with zero attached hydrogens (tertiary/aromatic N) is 4. The molecule has 1 N–H and O–H groups in total. The molecule has 0 radical (unpaired) electrons. The summed E-state index contributed by atoms with van der Waals surface area (Å²) < 4.78 is 0. The lowest BCUT2D eigenvalue weighted by Gasteiger charge is -2.35. The molecule has 78 valence electrons. The largest absolute Gasteiger partial charge is 0.338 e. The van der Waals surface area contributed by atoms with Crippen molar-refractivity contribution in [1.29, 1.82) is 5.26 Å². The Kier molecular flexibility index (Phi) is 2.52. The Labute approximate surface area is 88.8 Å². The van der Waals surface area contributed by atoms with E-state index in [9.17, 15) is 0 Å². The third kappa shape index (κ3) is 1.90. The van der Waals surface area contributed by atoms with Gasteiger partial charge in [0.25, 0.3) is 0 Å². The first-order valence-corrected chi connectivity index (χ1v) is 4.90. The topological polar surface area (TPSA) is 64.8 Å². The Hall–Kier alpha value is -1.67. The number of nitriles is 1. The zero-order chi connectivity index (χ0) is 10.8. The van der Waals surface area contributed by atoms with E-state index in [1.165, 1.54) is 0 Å². The maximum Gasteiger partial charge on any atom is 0.226 e. The van der Waals surface area contributed by atoms with Crippen LogP contribution in [0, 0.1) is 18.3 Å². The van der Waals surface area contributed by atoms with E-state index < -0.39 is 0 Å². The molecule has 1 aromatic heterocycles. The van der Waals surface area contributed by atoms with Gasteiger partial charge in [-0.05, 0) is 13.0 Å². The van der Waals surface area contributed by atoms with Crippen LogP contribution in [0.1, 0.15) is 11.4 Å². The molecule has 1 fully saturated rings. The summed E-state index contributed by atoms with van der Waals surface area (Å²) in [5.41, 5.74) is 1.26. The predicted molar refractivity (Wildman–Crippen MR) is 56.5 cm³/mol. The van der Waals surface area contributed by atoms with Crippen molar-refractivity contribution in [3.8, 4) is 6.07 Å². The fraction of sp³-hybridized carbons (Fsp3) is 0.500. The van der Waals surface area contributed by atoms with Crippen molar-refractivity contribution in [2.75, 3.05) is 25.0 Å². The van der Waals surface area contributed by atoms with E-state index in [0.29, 0.717) is 17.7 Å². The van der Waals surface area contributed by atoms with Crippen molar-refractivity contribution in [1.82, 2.24) is 15.3 Å². The van der Waals surface area contributed by atoms with Crippen LogP contribution in [0.2, 0.25) is 0 Å². The van der Waals surface area contributed by atoms with Gasteiger partial charge in [0.1, 0.15) is 11.8 Å². The van der Waals surface area contributed by atoms with E-state index in [2.05, 4.69) is 15.3 Å². The Balaban J connectivity index is 2.27. The van der Waals surface area contributed by atoms with Gasteiger partial charge >= 0.3 is 0 Å². The van der Waals surface area contributed by atoms with Gasteiger partial charge in [0, 0.05) is 25.8 Å². The minimum atomic E-state index is 0.427. The van der Waals surface area contributed by atoms with Crippen LogP contribution in [0.5, 0.6) is 0 Å². The second-order valence-corrected chi connectivity index (χ2v) is 3.73. The highest BCUT2D eigenvalue weighted by molar-refractivity contribution is 5.37. The molecule has 2 heterocycles. The lowest BCUT2D eigenvalue weighted by atomic mass is 10.1. The van der Waals surface area contributed by atoms with Crippen LogP contribution in [0.15, 0.2) is 6.07 Å². The molecule has 0 aromatic carbocycles. The van der Waals surface area contributed by atoms with Crippen LogP contribution in [0.3, 0.4) is 0 Å². The van der Waals surface area contributed by atoms with E-state index in [0.717, 1.165) is 18.8 Å². The molecule has 1 aliphatic rings. The summed E-state index contributed by atoms with van der Waals surface area (Å²) in [6.07, 6.45) is 0. The minimum Gasteiger partial charge on any atom is -0.338 e. The summed E-state index contributed by atoms with van der Waals surface area (Å²) in [6, 6.07) is 4.18. The average Bonchev–Trinajstić information content (AvgIpc) is 2.14. The molecule has 0 aliphatic carbocycles. The lowest BCUT2D eigenvalue weighted by Crippen LogP contribution is -2.56. The van der Waals surface area contributed by atoms with Crippen molar-refractivity contribution in [2.24, 2.45) is 0 Å². The van der Waals surface area contributed by atoms with Gasteiger partial charge in [0.2, 0.25) is 5.95 Å². The Morgan fingerprint density at radius 2 is 2.27 bits per heavy atom. The molecule has 1 aliphatic heterocycles. The molecule has 1 aromatic rings. The van der Waals surface area contributed by atoms with E-state index in [1.807, 2.05) is 24.9 Å². The number of aromatic nitrogens is 2. The molecule has 15 heavy (non-hydrogen) atoms. The third-order valence-corrected chi connectivity index (χ3v) is 2.58. The molecule has 0 atom stereocenters. The summed E-state index contributed by atoms with van der Waals surface area (Å²) in [5.74, 6) is 0.637. The number of hydrogen-bond donors (Lipinski definition) is 1. The molecule has 0 bridgehead atoms. The first-order valence-electron chi connectivity index (χ1n) is 4.90. The van der Waals surface area contributed by atoms with Gasteiger partial charge < -0.3 is 10.2 Å². The van der Waals surface area contributed by atoms with Gasteiger partial charge in [-0.15, -0.1) is 0 Å². The Morgan fingerprint density at radius 3 is 2.80 bits per heavy atom. The van der Waals surface area contributed by atoms with Crippen molar-refractivity contribution < 1.29 is 0 Å². The summed E-state index contributed by atoms with van der Waals surface area (Å²) in [5, 5.41) is 12.0. The van der Waals surface area contributed by atoms with Crippen LogP contribution in [-0.2, 0) is 0 Å². The zero-order valence-corrected chi connectivity index (χ0v) is 8.86. The number of nitrogens with one attached hydrogen (secondary N) is 1. The van der Waals surface area contributed by atoms with E-state index in [1.54, 1.807) is 6.07 Å². The van der Waals surface area contributed by atoms with Crippen molar-refractivity contribution in [2.45, 2.75) is 13.0 Å². The maximum absolute atomic E-state index is 8.81. The highest BCUT2D eigenvalue weighted by Crippen LogP contribution is 2.13. The molecule has 1 saturated heterocycles. The van der Waals surface area contributed by atoms with Crippen molar-refractivity contribution in [3.63, 3.8) is 0 Å². The Bertz CT molecular complexity index is 405. The summed E-state index contributed by atoms with van der Waals surface area (Å²) >= 11 is 0. The summed E-state index contributed by atoms with van der Waals surface area (Å²) in [7, 11) is 1.96. The van der Waals surface area contributed by atoms with Gasteiger partial charge in [-0.25, -0.2) is 9.97 Å². The standard InChI is InChI=1S/C10H13N5/c1-7-3-8(4-11)14-10(13-7)15(2)9-5-12-6-9/h3,9,12H,5-6H2,1-2H3. The smallest absolute Gasteiger partial charge is 0.226 e.